The van der Waals surface area contributed by atoms with E-state index in [-0.39, 0.29) is 18.4 Å². The van der Waals surface area contributed by atoms with Gasteiger partial charge in [0.15, 0.2) is 0 Å². The lowest BCUT2D eigenvalue weighted by Crippen LogP contribution is -2.45. The molecule has 0 aromatic heterocycles. The summed E-state index contributed by atoms with van der Waals surface area (Å²) in [5.41, 5.74) is 5.61. The van der Waals surface area contributed by atoms with Crippen LogP contribution < -0.4 is 11.1 Å². The van der Waals surface area contributed by atoms with E-state index in [9.17, 15) is 9.59 Å². The Balaban J connectivity index is 3.85. The van der Waals surface area contributed by atoms with Crippen molar-refractivity contribution >= 4 is 23.6 Å². The van der Waals surface area contributed by atoms with Crippen molar-refractivity contribution in [3.63, 3.8) is 0 Å². The highest BCUT2D eigenvalue weighted by Crippen LogP contribution is 1.99. The van der Waals surface area contributed by atoms with Crippen molar-refractivity contribution in [2.75, 3.05) is 12.0 Å². The lowest BCUT2D eigenvalue weighted by atomic mass is 10.2. The first-order chi connectivity index (χ1) is 6.97. The standard InChI is InChI=1S/C9H18N2O3S/c1-6(5-8(12)13)11-9(14)7(10)3-4-15-2/h6-7H,3-5,10H2,1-2H3,(H,11,14)(H,12,13)/t6?,7-/m0/s1. The van der Waals surface area contributed by atoms with E-state index in [1.807, 2.05) is 6.26 Å². The van der Waals surface area contributed by atoms with Crippen LogP contribution in [0.25, 0.3) is 0 Å². The van der Waals surface area contributed by atoms with Gasteiger partial charge in [-0.05, 0) is 25.4 Å². The fourth-order valence-electron chi connectivity index (χ4n) is 1.04. The smallest absolute Gasteiger partial charge is 0.305 e. The molecule has 0 aliphatic carbocycles. The zero-order valence-electron chi connectivity index (χ0n) is 9.03. The van der Waals surface area contributed by atoms with Crippen LogP contribution in [0.2, 0.25) is 0 Å². The van der Waals surface area contributed by atoms with Gasteiger partial charge < -0.3 is 16.2 Å². The minimum Gasteiger partial charge on any atom is -0.481 e. The van der Waals surface area contributed by atoms with Gasteiger partial charge in [-0.15, -0.1) is 0 Å². The molecule has 1 amide bonds. The van der Waals surface area contributed by atoms with E-state index in [4.69, 9.17) is 10.8 Å². The van der Waals surface area contributed by atoms with Crippen molar-refractivity contribution in [3.05, 3.63) is 0 Å². The van der Waals surface area contributed by atoms with Crippen LogP contribution in [0, 0.1) is 0 Å². The molecular weight excluding hydrogens is 216 g/mol. The first kappa shape index (κ1) is 14.2. The monoisotopic (exact) mass is 234 g/mol. The second kappa shape index (κ2) is 7.53. The zero-order chi connectivity index (χ0) is 11.8. The molecule has 6 heteroatoms. The SMILES string of the molecule is CSCC[C@H](N)C(=O)NC(C)CC(=O)O. The van der Waals surface area contributed by atoms with Crippen molar-refractivity contribution in [1.82, 2.24) is 5.32 Å². The molecule has 4 N–H and O–H groups in total. The summed E-state index contributed by atoms with van der Waals surface area (Å²) in [5.74, 6) is -0.389. The molecule has 0 aromatic rings. The van der Waals surface area contributed by atoms with E-state index in [1.54, 1.807) is 18.7 Å². The number of hydrogen-bond donors (Lipinski definition) is 3. The van der Waals surface area contributed by atoms with Gasteiger partial charge in [-0.1, -0.05) is 0 Å². The number of carboxylic acid groups (broad SMARTS) is 1. The Morgan fingerprint density at radius 3 is 2.60 bits per heavy atom. The maximum atomic E-state index is 11.4. The lowest BCUT2D eigenvalue weighted by molar-refractivity contribution is -0.137. The molecule has 0 saturated heterocycles. The van der Waals surface area contributed by atoms with Crippen molar-refractivity contribution in [2.24, 2.45) is 5.73 Å². The van der Waals surface area contributed by atoms with Gasteiger partial charge in [-0.25, -0.2) is 0 Å². The topological polar surface area (TPSA) is 92.4 Å². The maximum absolute atomic E-state index is 11.4. The van der Waals surface area contributed by atoms with Gasteiger partial charge in [0.25, 0.3) is 0 Å². The van der Waals surface area contributed by atoms with E-state index in [2.05, 4.69) is 5.32 Å². The Morgan fingerprint density at radius 1 is 1.53 bits per heavy atom. The molecule has 15 heavy (non-hydrogen) atoms. The fraction of sp³-hybridized carbons (Fsp3) is 0.778. The summed E-state index contributed by atoms with van der Waals surface area (Å²) in [6, 6.07) is -0.927. The number of nitrogens with two attached hydrogens (primary N) is 1. The third-order valence-corrected chi connectivity index (χ3v) is 2.48. The summed E-state index contributed by atoms with van der Waals surface area (Å²) >= 11 is 1.62. The van der Waals surface area contributed by atoms with Crippen LogP contribution in [0.5, 0.6) is 0 Å². The van der Waals surface area contributed by atoms with Crippen LogP contribution in [0.15, 0.2) is 0 Å². The summed E-state index contributed by atoms with van der Waals surface area (Å²) in [5, 5.41) is 11.1. The molecule has 2 atom stereocenters. The van der Waals surface area contributed by atoms with Crippen LogP contribution in [0.3, 0.4) is 0 Å². The summed E-state index contributed by atoms with van der Waals surface area (Å²) in [7, 11) is 0. The third kappa shape index (κ3) is 7.21. The number of hydrogen-bond acceptors (Lipinski definition) is 4. The molecule has 1 unspecified atom stereocenters. The second-order valence-corrected chi connectivity index (χ2v) is 4.38. The fourth-order valence-corrected chi connectivity index (χ4v) is 1.53. The van der Waals surface area contributed by atoms with E-state index in [0.29, 0.717) is 6.42 Å². The Bertz CT molecular complexity index is 223. The number of amides is 1. The van der Waals surface area contributed by atoms with Crippen molar-refractivity contribution in [2.45, 2.75) is 31.8 Å². The predicted octanol–water partition coefficient (Wildman–Crippen LogP) is 0.0462. The highest BCUT2D eigenvalue weighted by Gasteiger charge is 2.16. The molecule has 88 valence electrons. The number of carboxylic acids is 1. The predicted molar refractivity (Wildman–Crippen MR) is 60.8 cm³/mol. The third-order valence-electron chi connectivity index (χ3n) is 1.84. The van der Waals surface area contributed by atoms with Crippen molar-refractivity contribution < 1.29 is 14.7 Å². The average Bonchev–Trinajstić information content (AvgIpc) is 2.12. The van der Waals surface area contributed by atoms with Gasteiger partial charge in [0.05, 0.1) is 12.5 Å². The summed E-state index contributed by atoms with van der Waals surface area (Å²) in [6.45, 7) is 1.65. The average molecular weight is 234 g/mol. The second-order valence-electron chi connectivity index (χ2n) is 3.40. The van der Waals surface area contributed by atoms with E-state index < -0.39 is 12.0 Å². The van der Waals surface area contributed by atoms with E-state index in [0.717, 1.165) is 5.75 Å². The number of aliphatic carboxylic acids is 1. The van der Waals surface area contributed by atoms with Crippen molar-refractivity contribution in [1.29, 1.82) is 0 Å². The van der Waals surface area contributed by atoms with Crippen molar-refractivity contribution in [3.8, 4) is 0 Å². The molecule has 0 heterocycles. The van der Waals surface area contributed by atoms with Gasteiger partial charge in [-0.2, -0.15) is 11.8 Å². The molecule has 0 saturated carbocycles. The number of nitrogens with one attached hydrogen (secondary N) is 1. The maximum Gasteiger partial charge on any atom is 0.305 e. The molecule has 0 aliphatic heterocycles. The largest absolute Gasteiger partial charge is 0.481 e. The molecule has 0 rings (SSSR count). The van der Waals surface area contributed by atoms with Crippen LogP contribution in [-0.4, -0.2) is 41.1 Å². The summed E-state index contributed by atoms with van der Waals surface area (Å²) in [6.07, 6.45) is 2.46. The Labute approximate surface area is 93.8 Å². The molecule has 0 fully saturated rings. The van der Waals surface area contributed by atoms with Crippen LogP contribution >= 0.6 is 11.8 Å². The van der Waals surface area contributed by atoms with Gasteiger partial charge in [0.1, 0.15) is 0 Å². The summed E-state index contributed by atoms with van der Waals surface area (Å²) < 4.78 is 0. The molecule has 0 aliphatic rings. The Kier molecular flexibility index (Phi) is 7.15. The van der Waals surface area contributed by atoms with Gasteiger partial charge in [0, 0.05) is 6.04 Å². The number of rotatable bonds is 7. The van der Waals surface area contributed by atoms with Crippen LogP contribution in [-0.2, 0) is 9.59 Å². The molecule has 0 radical (unpaired) electrons. The van der Waals surface area contributed by atoms with E-state index >= 15 is 0 Å². The quantitative estimate of drug-likeness (QED) is 0.578. The Hall–Kier alpha value is -0.750. The molecule has 5 nitrogen and oxygen atoms in total. The van der Waals surface area contributed by atoms with Gasteiger partial charge in [0.2, 0.25) is 5.91 Å². The minimum atomic E-state index is -0.930. The molecule has 0 spiro atoms. The number of thioether (sulfide) groups is 1. The lowest BCUT2D eigenvalue weighted by Gasteiger charge is -2.15. The number of carbonyl (C=O) groups excluding carboxylic acids is 1. The zero-order valence-corrected chi connectivity index (χ0v) is 9.84. The first-order valence-electron chi connectivity index (χ1n) is 4.74. The van der Waals surface area contributed by atoms with E-state index in [1.165, 1.54) is 0 Å². The molecule has 0 bridgehead atoms. The normalized spacial score (nSPS) is 14.3. The van der Waals surface area contributed by atoms with Crippen LogP contribution in [0.1, 0.15) is 19.8 Å². The highest BCUT2D eigenvalue weighted by atomic mass is 32.2. The highest BCUT2D eigenvalue weighted by molar-refractivity contribution is 7.98. The van der Waals surface area contributed by atoms with Gasteiger partial charge >= 0.3 is 5.97 Å². The minimum absolute atomic E-state index is 0.0824. The Morgan fingerprint density at radius 2 is 2.13 bits per heavy atom. The van der Waals surface area contributed by atoms with Crippen LogP contribution in [0.4, 0.5) is 0 Å². The number of carbonyl (C=O) groups is 2. The molecule has 0 aromatic carbocycles. The molecular formula is C9H18N2O3S. The summed E-state index contributed by atoms with van der Waals surface area (Å²) in [4.78, 5) is 21.7. The van der Waals surface area contributed by atoms with Gasteiger partial charge in [-0.3, -0.25) is 9.59 Å². The first-order valence-corrected chi connectivity index (χ1v) is 6.13.